The lowest BCUT2D eigenvalue weighted by Gasteiger charge is -2.14. The van der Waals surface area contributed by atoms with Gasteiger partial charge in [-0.05, 0) is 43.1 Å². The molecule has 0 radical (unpaired) electrons. The van der Waals surface area contributed by atoms with E-state index in [-0.39, 0.29) is 0 Å². The number of methoxy groups -OCH3 is 2. The highest BCUT2D eigenvalue weighted by molar-refractivity contribution is 5.19. The topological polar surface area (TPSA) is 18.5 Å². The molecule has 0 spiro atoms. The van der Waals surface area contributed by atoms with E-state index in [1.165, 1.54) is 37.7 Å². The van der Waals surface area contributed by atoms with Gasteiger partial charge in [-0.25, -0.2) is 0 Å². The summed E-state index contributed by atoms with van der Waals surface area (Å²) >= 11 is 0. The van der Waals surface area contributed by atoms with Gasteiger partial charge >= 0.3 is 0 Å². The minimum absolute atomic E-state index is 0.654. The van der Waals surface area contributed by atoms with Crippen molar-refractivity contribution in [1.29, 1.82) is 0 Å². The molecule has 0 aliphatic rings. The van der Waals surface area contributed by atoms with Gasteiger partial charge < -0.3 is 9.47 Å². The first-order valence-corrected chi connectivity index (χ1v) is 9.22. The molecule has 23 heavy (non-hydrogen) atoms. The fraction of sp³-hybridized carbons (Fsp3) is 0.714. The fourth-order valence-corrected chi connectivity index (χ4v) is 2.81. The molecule has 2 heteroatoms. The first-order chi connectivity index (χ1) is 11.2. The highest BCUT2D eigenvalue weighted by Crippen LogP contribution is 2.22. The highest BCUT2D eigenvalue weighted by atomic mass is 16.5. The molecule has 0 aromatic heterocycles. The summed E-state index contributed by atoms with van der Waals surface area (Å²) in [6.07, 6.45) is 7.53. The van der Waals surface area contributed by atoms with Crippen LogP contribution in [0.3, 0.4) is 0 Å². The van der Waals surface area contributed by atoms with Crippen LogP contribution in [0.5, 0.6) is 0 Å². The van der Waals surface area contributed by atoms with E-state index in [1.807, 2.05) is 0 Å². The van der Waals surface area contributed by atoms with Gasteiger partial charge in [0.2, 0.25) is 0 Å². The first-order valence-electron chi connectivity index (χ1n) is 9.22. The molecular formula is C21H38O2. The van der Waals surface area contributed by atoms with Crippen LogP contribution in [-0.2, 0) is 9.47 Å². The molecule has 1 aromatic carbocycles. The number of ether oxygens (including phenoxy) is 2. The van der Waals surface area contributed by atoms with Gasteiger partial charge in [0, 0.05) is 27.4 Å². The van der Waals surface area contributed by atoms with Gasteiger partial charge in [-0.2, -0.15) is 0 Å². The Morgan fingerprint density at radius 1 is 0.870 bits per heavy atom. The maximum atomic E-state index is 5.10. The zero-order valence-corrected chi connectivity index (χ0v) is 16.0. The normalized spacial score (nSPS) is 13.1. The van der Waals surface area contributed by atoms with E-state index >= 15 is 0 Å². The molecule has 0 amide bonds. The van der Waals surface area contributed by atoms with Crippen molar-refractivity contribution in [1.82, 2.24) is 0 Å². The van der Waals surface area contributed by atoms with E-state index < -0.39 is 0 Å². The van der Waals surface area contributed by atoms with Crippen LogP contribution < -0.4 is 0 Å². The van der Waals surface area contributed by atoms with Crippen molar-refractivity contribution >= 4 is 0 Å². The summed E-state index contributed by atoms with van der Waals surface area (Å²) in [5.41, 5.74) is 1.43. The zero-order valence-electron chi connectivity index (χ0n) is 16.0. The quantitative estimate of drug-likeness (QED) is 0.461. The molecule has 0 saturated heterocycles. The van der Waals surface area contributed by atoms with Gasteiger partial charge in [0.1, 0.15) is 0 Å². The fourth-order valence-electron chi connectivity index (χ4n) is 2.81. The number of benzene rings is 1. The van der Waals surface area contributed by atoms with Crippen molar-refractivity contribution in [2.24, 2.45) is 5.92 Å². The maximum absolute atomic E-state index is 5.10. The lowest BCUT2D eigenvalue weighted by Crippen LogP contribution is -2.01. The Labute approximate surface area is 144 Å². The van der Waals surface area contributed by atoms with Gasteiger partial charge in [0.15, 0.2) is 0 Å². The van der Waals surface area contributed by atoms with Crippen LogP contribution in [0, 0.1) is 5.92 Å². The summed E-state index contributed by atoms with van der Waals surface area (Å²) in [5, 5.41) is 0. The molecule has 1 rings (SSSR count). The van der Waals surface area contributed by atoms with Crippen LogP contribution in [0.4, 0.5) is 0 Å². The molecule has 0 aliphatic carbocycles. The van der Waals surface area contributed by atoms with Gasteiger partial charge in [0.25, 0.3) is 0 Å². The van der Waals surface area contributed by atoms with Crippen molar-refractivity contribution in [3.05, 3.63) is 35.9 Å². The zero-order chi connectivity index (χ0) is 17.3. The summed E-state index contributed by atoms with van der Waals surface area (Å²) in [4.78, 5) is 0. The van der Waals surface area contributed by atoms with Crippen LogP contribution in [0.15, 0.2) is 30.3 Å². The molecule has 0 N–H and O–H groups in total. The molecule has 0 aliphatic heterocycles. The van der Waals surface area contributed by atoms with Gasteiger partial charge in [-0.1, -0.05) is 63.9 Å². The number of hydrogen-bond acceptors (Lipinski definition) is 2. The van der Waals surface area contributed by atoms with Crippen molar-refractivity contribution in [3.8, 4) is 0 Å². The van der Waals surface area contributed by atoms with Gasteiger partial charge in [-0.15, -0.1) is 0 Å². The Kier molecular flexibility index (Phi) is 15.4. The molecule has 2 unspecified atom stereocenters. The second-order valence-corrected chi connectivity index (χ2v) is 6.33. The smallest absolute Gasteiger partial charge is 0.0468 e. The monoisotopic (exact) mass is 322 g/mol. The third-order valence-electron chi connectivity index (χ3n) is 4.26. The predicted molar refractivity (Wildman–Crippen MR) is 101 cm³/mol. The minimum Gasteiger partial charge on any atom is -0.385 e. The average molecular weight is 323 g/mol. The molecule has 134 valence electrons. The van der Waals surface area contributed by atoms with Crippen LogP contribution in [-0.4, -0.2) is 27.4 Å². The Bertz CT molecular complexity index is 337. The van der Waals surface area contributed by atoms with Crippen LogP contribution in [0.1, 0.15) is 70.8 Å². The first kappa shape index (κ1) is 22.1. The molecule has 0 saturated carbocycles. The summed E-state index contributed by atoms with van der Waals surface area (Å²) < 4.78 is 10.1. The molecule has 2 nitrogen and oxygen atoms in total. The molecule has 1 aromatic rings. The third kappa shape index (κ3) is 12.3. The van der Waals surface area contributed by atoms with Crippen molar-refractivity contribution in [3.63, 3.8) is 0 Å². The van der Waals surface area contributed by atoms with Crippen LogP contribution in [0.25, 0.3) is 0 Å². The second kappa shape index (κ2) is 16.0. The Morgan fingerprint density at radius 2 is 1.52 bits per heavy atom. The summed E-state index contributed by atoms with van der Waals surface area (Å²) in [6.45, 7) is 8.57. The number of hydrogen-bond donors (Lipinski definition) is 0. The number of rotatable bonds is 11. The maximum Gasteiger partial charge on any atom is 0.0468 e. The molecule has 2 atom stereocenters. The van der Waals surface area contributed by atoms with Crippen molar-refractivity contribution < 1.29 is 9.47 Å². The summed E-state index contributed by atoms with van der Waals surface area (Å²) in [7, 11) is 3.53. The standard InChI is InChI=1S/C12H18O.C9H20O/c1-3-11(9-10-13-2)12-7-5-4-6-8-12;1-4-6-9(2)7-5-8-10-3/h4-8,11H,3,9-10H2,1-2H3;9H,4-8H2,1-3H3. The van der Waals surface area contributed by atoms with E-state index in [2.05, 4.69) is 51.1 Å². The highest BCUT2D eigenvalue weighted by Gasteiger charge is 2.07. The molecular weight excluding hydrogens is 284 g/mol. The van der Waals surface area contributed by atoms with Gasteiger partial charge in [0.05, 0.1) is 0 Å². The lowest BCUT2D eigenvalue weighted by molar-refractivity contribution is 0.187. The van der Waals surface area contributed by atoms with E-state index in [4.69, 9.17) is 9.47 Å². The van der Waals surface area contributed by atoms with Crippen molar-refractivity contribution in [2.45, 2.75) is 65.2 Å². The Hall–Kier alpha value is -0.860. The lowest BCUT2D eigenvalue weighted by atomic mass is 9.94. The van der Waals surface area contributed by atoms with E-state index in [0.717, 1.165) is 25.6 Å². The molecule has 0 bridgehead atoms. The largest absolute Gasteiger partial charge is 0.385 e. The van der Waals surface area contributed by atoms with Crippen molar-refractivity contribution in [2.75, 3.05) is 27.4 Å². The molecule has 0 fully saturated rings. The van der Waals surface area contributed by atoms with E-state index in [0.29, 0.717) is 5.92 Å². The average Bonchev–Trinajstić information content (AvgIpc) is 2.58. The third-order valence-corrected chi connectivity index (χ3v) is 4.26. The van der Waals surface area contributed by atoms with E-state index in [9.17, 15) is 0 Å². The summed E-state index contributed by atoms with van der Waals surface area (Å²) in [5.74, 6) is 1.54. The van der Waals surface area contributed by atoms with Crippen LogP contribution >= 0.6 is 0 Å². The summed E-state index contributed by atoms with van der Waals surface area (Å²) in [6, 6.07) is 10.7. The Balaban J connectivity index is 0.000000438. The van der Waals surface area contributed by atoms with Gasteiger partial charge in [-0.3, -0.25) is 0 Å². The Morgan fingerprint density at radius 3 is 2.04 bits per heavy atom. The second-order valence-electron chi connectivity index (χ2n) is 6.33. The molecule has 0 heterocycles. The minimum atomic E-state index is 0.654. The van der Waals surface area contributed by atoms with Crippen LogP contribution in [0.2, 0.25) is 0 Å². The van der Waals surface area contributed by atoms with E-state index in [1.54, 1.807) is 14.2 Å². The predicted octanol–water partition coefficient (Wildman–Crippen LogP) is 6.07. The SMILES string of the molecule is CCC(CCOC)c1ccccc1.CCCC(C)CCCOC.